The van der Waals surface area contributed by atoms with Crippen LogP contribution < -0.4 is 9.05 Å². The van der Waals surface area contributed by atoms with Gasteiger partial charge in [0, 0.05) is 5.56 Å². The lowest BCUT2D eigenvalue weighted by molar-refractivity contribution is 0.0182. The molecular formula is C10H10O12P2. The van der Waals surface area contributed by atoms with Gasteiger partial charge in [-0.25, -0.2) is 9.13 Å². The van der Waals surface area contributed by atoms with E-state index >= 15 is 0 Å². The van der Waals surface area contributed by atoms with Crippen LogP contribution in [0.2, 0.25) is 0 Å². The summed E-state index contributed by atoms with van der Waals surface area (Å²) in [7, 11) is -10.6. The fraction of sp³-hybridized carbons (Fsp3) is 0.200. The smallest absolute Gasteiger partial charge is 0.400 e. The lowest BCUT2D eigenvalue weighted by Gasteiger charge is -2.26. The zero-order valence-electron chi connectivity index (χ0n) is 11.3. The van der Waals surface area contributed by atoms with Crippen molar-refractivity contribution in [3.8, 4) is 11.5 Å². The molecule has 1 aromatic rings. The third-order valence-electron chi connectivity index (χ3n) is 2.90. The van der Waals surface area contributed by atoms with Crippen LogP contribution in [-0.4, -0.2) is 53.6 Å². The number of carbonyl (C=O) groups is 2. The second-order valence-electron chi connectivity index (χ2n) is 4.60. The first-order valence-electron chi connectivity index (χ1n) is 5.93. The number of fused-ring (bicyclic) bond motifs is 1. The Labute approximate surface area is 132 Å². The molecule has 2 atom stereocenters. The molecule has 0 bridgehead atoms. The van der Waals surface area contributed by atoms with Crippen LogP contribution in [0.15, 0.2) is 12.1 Å². The first-order valence-corrected chi connectivity index (χ1v) is 9.00. The molecule has 0 heterocycles. The molecule has 12 nitrogen and oxygen atoms in total. The van der Waals surface area contributed by atoms with E-state index in [0.29, 0.717) is 6.07 Å². The number of benzene rings is 1. The number of aliphatic hydroxyl groups excluding tert-OH is 2. The molecule has 0 saturated carbocycles. The molecule has 0 aromatic heterocycles. The number of aliphatic hydroxyl groups is 2. The van der Waals surface area contributed by atoms with Crippen molar-refractivity contribution in [2.75, 3.05) is 0 Å². The Kier molecular flexibility index (Phi) is 4.70. The minimum absolute atomic E-state index is 0.570. The molecule has 0 amide bonds. The number of phosphoric acid groups is 2. The molecule has 0 fully saturated rings. The van der Waals surface area contributed by atoms with Gasteiger partial charge in [-0.05, 0) is 12.1 Å². The molecule has 0 saturated heterocycles. The number of phosphoric ester groups is 2. The average molecular weight is 384 g/mol. The molecule has 2 rings (SSSR count). The first-order chi connectivity index (χ1) is 10.8. The van der Waals surface area contributed by atoms with Crippen LogP contribution in [0.3, 0.4) is 0 Å². The van der Waals surface area contributed by atoms with Crippen molar-refractivity contribution >= 4 is 27.2 Å². The average Bonchev–Trinajstić information content (AvgIpc) is 2.41. The lowest BCUT2D eigenvalue weighted by atomic mass is 9.85. The van der Waals surface area contributed by atoms with Crippen molar-refractivity contribution < 1.29 is 57.6 Å². The van der Waals surface area contributed by atoms with E-state index in [-0.39, 0.29) is 0 Å². The fourth-order valence-corrected chi connectivity index (χ4v) is 2.84. The number of hydrogen-bond donors (Lipinski definition) is 6. The Hall–Kier alpha value is -1.62. The number of Topliss-reactive ketones (excluding diaryl/α,β-unsaturated/α-hetero) is 2. The Bertz CT molecular complexity index is 804. The number of ketones is 2. The first kappa shape index (κ1) is 18.7. The fourth-order valence-electron chi connectivity index (χ4n) is 2.02. The zero-order chi connectivity index (χ0) is 18.4. The summed E-state index contributed by atoms with van der Waals surface area (Å²) in [5.74, 6) is -4.60. The van der Waals surface area contributed by atoms with Crippen LogP contribution in [0.1, 0.15) is 20.7 Å². The number of carbonyl (C=O) groups excluding carboxylic acids is 2. The van der Waals surface area contributed by atoms with Gasteiger partial charge in [-0.1, -0.05) is 0 Å². The van der Waals surface area contributed by atoms with Gasteiger partial charge >= 0.3 is 15.6 Å². The number of rotatable bonds is 4. The highest BCUT2D eigenvalue weighted by Crippen LogP contribution is 2.50. The van der Waals surface area contributed by atoms with E-state index in [1.165, 1.54) is 0 Å². The third kappa shape index (κ3) is 3.72. The second-order valence-corrected chi connectivity index (χ2v) is 6.92. The van der Waals surface area contributed by atoms with E-state index in [1.54, 1.807) is 0 Å². The molecule has 14 heteroatoms. The van der Waals surface area contributed by atoms with E-state index in [9.17, 15) is 28.9 Å². The van der Waals surface area contributed by atoms with Gasteiger partial charge in [-0.2, -0.15) is 0 Å². The molecule has 132 valence electrons. The molecule has 1 aromatic carbocycles. The van der Waals surface area contributed by atoms with Crippen LogP contribution in [0.4, 0.5) is 0 Å². The van der Waals surface area contributed by atoms with Crippen molar-refractivity contribution in [2.45, 2.75) is 12.2 Å². The minimum Gasteiger partial charge on any atom is -0.400 e. The predicted molar refractivity (Wildman–Crippen MR) is 72.5 cm³/mol. The Morgan fingerprint density at radius 3 is 1.83 bits per heavy atom. The molecule has 1 aliphatic rings. The minimum atomic E-state index is -5.35. The second kappa shape index (κ2) is 6.03. The Morgan fingerprint density at radius 2 is 1.33 bits per heavy atom. The third-order valence-corrected chi connectivity index (χ3v) is 3.75. The van der Waals surface area contributed by atoms with E-state index in [2.05, 4.69) is 9.05 Å². The van der Waals surface area contributed by atoms with E-state index in [1.807, 2.05) is 0 Å². The molecular weight excluding hydrogens is 374 g/mol. The van der Waals surface area contributed by atoms with Crippen LogP contribution >= 0.6 is 15.6 Å². The van der Waals surface area contributed by atoms with Gasteiger partial charge in [0.1, 0.15) is 0 Å². The highest BCUT2D eigenvalue weighted by atomic mass is 31.2. The normalized spacial score (nSPS) is 21.4. The van der Waals surface area contributed by atoms with Crippen LogP contribution in [0, 0.1) is 0 Å². The van der Waals surface area contributed by atoms with Gasteiger partial charge in [0.15, 0.2) is 35.3 Å². The standard InChI is InChI=1S/C10H10O12P2/c11-6-3-1-2-4(21-23(15,16)17)10(22-24(18,19)20)5(3)7(12)9(14)8(6)13/h1-2,8-9,13-14H,(H2,15,16,17)(H2,18,19,20). The summed E-state index contributed by atoms with van der Waals surface area (Å²) in [6, 6.07) is 1.53. The quantitative estimate of drug-likeness (QED) is 0.336. The highest BCUT2D eigenvalue weighted by molar-refractivity contribution is 7.47. The summed E-state index contributed by atoms with van der Waals surface area (Å²) >= 11 is 0. The van der Waals surface area contributed by atoms with Crippen LogP contribution in [0.25, 0.3) is 0 Å². The van der Waals surface area contributed by atoms with Crippen molar-refractivity contribution in [1.29, 1.82) is 0 Å². The topological polar surface area (TPSA) is 208 Å². The summed E-state index contributed by atoms with van der Waals surface area (Å²) in [5, 5.41) is 19.0. The van der Waals surface area contributed by atoms with Gasteiger partial charge in [0.25, 0.3) is 0 Å². The van der Waals surface area contributed by atoms with Gasteiger partial charge < -0.3 is 19.3 Å². The highest BCUT2D eigenvalue weighted by Gasteiger charge is 2.43. The molecule has 2 unspecified atom stereocenters. The van der Waals surface area contributed by atoms with Crippen molar-refractivity contribution in [1.82, 2.24) is 0 Å². The molecule has 6 N–H and O–H groups in total. The zero-order valence-corrected chi connectivity index (χ0v) is 13.1. The van der Waals surface area contributed by atoms with Crippen LogP contribution in [-0.2, 0) is 9.13 Å². The molecule has 0 radical (unpaired) electrons. The van der Waals surface area contributed by atoms with Crippen molar-refractivity contribution in [3.05, 3.63) is 23.3 Å². The number of hydrogen-bond acceptors (Lipinski definition) is 8. The van der Waals surface area contributed by atoms with Gasteiger partial charge in [-0.3, -0.25) is 29.2 Å². The molecule has 0 spiro atoms. The largest absolute Gasteiger partial charge is 0.524 e. The Balaban J connectivity index is 2.75. The summed E-state index contributed by atoms with van der Waals surface area (Å²) in [5.41, 5.74) is -1.45. The van der Waals surface area contributed by atoms with Gasteiger partial charge in [0.05, 0.1) is 5.56 Å². The summed E-state index contributed by atoms with van der Waals surface area (Å²) in [4.78, 5) is 59.3. The van der Waals surface area contributed by atoms with Crippen molar-refractivity contribution in [2.24, 2.45) is 0 Å². The lowest BCUT2D eigenvalue weighted by Crippen LogP contribution is -2.45. The molecule has 1 aliphatic carbocycles. The van der Waals surface area contributed by atoms with Crippen LogP contribution in [0.5, 0.6) is 11.5 Å². The summed E-state index contributed by atoms with van der Waals surface area (Å²) < 4.78 is 30.4. The predicted octanol–water partition coefficient (Wildman–Crippen LogP) is -1.27. The van der Waals surface area contributed by atoms with E-state index < -0.39 is 62.0 Å². The van der Waals surface area contributed by atoms with Gasteiger partial charge in [-0.15, -0.1) is 0 Å². The molecule has 0 aliphatic heterocycles. The van der Waals surface area contributed by atoms with E-state index in [4.69, 9.17) is 19.6 Å². The monoisotopic (exact) mass is 384 g/mol. The summed E-state index contributed by atoms with van der Waals surface area (Å²) in [6.07, 6.45) is -4.36. The maximum absolute atomic E-state index is 12.1. The summed E-state index contributed by atoms with van der Waals surface area (Å²) in [6.45, 7) is 0. The maximum atomic E-state index is 12.1. The molecule has 24 heavy (non-hydrogen) atoms. The van der Waals surface area contributed by atoms with E-state index in [0.717, 1.165) is 6.07 Å². The van der Waals surface area contributed by atoms with Gasteiger partial charge in [0.2, 0.25) is 0 Å². The SMILES string of the molecule is O=C1c2ccc(OP(=O)(O)O)c(OP(=O)(O)O)c2C(=O)C(O)C1O. The van der Waals surface area contributed by atoms with Crippen molar-refractivity contribution in [3.63, 3.8) is 0 Å². The maximum Gasteiger partial charge on any atom is 0.524 e. The Morgan fingerprint density at radius 1 is 0.833 bits per heavy atom.